The van der Waals surface area contributed by atoms with E-state index in [1.54, 1.807) is 31.6 Å². The van der Waals surface area contributed by atoms with Crippen LogP contribution in [0.1, 0.15) is 220 Å². The lowest BCUT2D eigenvalue weighted by Gasteiger charge is -2.47. The molecule has 0 saturated heterocycles. The summed E-state index contributed by atoms with van der Waals surface area (Å²) in [4.78, 5) is 75.1. The normalized spacial score (nSPS) is 21.2. The van der Waals surface area contributed by atoms with Gasteiger partial charge in [0.25, 0.3) is 11.8 Å². The van der Waals surface area contributed by atoms with Gasteiger partial charge in [-0.15, -0.1) is 0 Å². The number of nitrogens with zero attached hydrogens (tertiary/aromatic N) is 4. The molecule has 8 rings (SSSR count). The Morgan fingerprint density at radius 3 is 1.91 bits per heavy atom. The summed E-state index contributed by atoms with van der Waals surface area (Å²) in [6.07, 6.45) is 21.5. The number of carbonyl (C=O) groups excluding carboxylic acids is 3. The van der Waals surface area contributed by atoms with Gasteiger partial charge < -0.3 is 25.7 Å². The molecule has 0 radical (unpaired) electrons. The highest BCUT2D eigenvalue weighted by atomic mass is 19.1. The highest BCUT2D eigenvalue weighted by Gasteiger charge is 2.55. The number of aliphatic imine (C=N–C) groups is 2. The highest BCUT2D eigenvalue weighted by molar-refractivity contribution is 6.46. The third-order valence-electron chi connectivity index (χ3n) is 16.3. The van der Waals surface area contributed by atoms with E-state index < -0.39 is 17.6 Å². The van der Waals surface area contributed by atoms with Crippen molar-refractivity contribution in [2.45, 2.75) is 188 Å². The van der Waals surface area contributed by atoms with E-state index in [-0.39, 0.29) is 53.6 Å². The minimum absolute atomic E-state index is 0.0213. The summed E-state index contributed by atoms with van der Waals surface area (Å²) in [5.41, 5.74) is 4.94. The standard InChI is InChI=1S/C32H40N4O4.C28H37FN2O.C4H9NO2.C3H8/c1-31(2,3)25-14-16-32(17-15-25)35-27(24-6-4-18-33-20-24)30(40)36(32)28(21-8-9-21)22-10-12-23(13-11-22)29(39)34-19-5-7-26(37)38;1-4-5-6-27(25-11-7-23(20-32)8-12-25)31-28(17-15-24(16-18-28)21(2)3)30-19-22-9-13-26(29)14-10-22;1-5-3-2-4(6)7;1-3-2/h4,6,10-13,18,20-21,25,28H,5,7-9,14-17,19H2,1-3H3,(H,34,39)(H,37,38);7-14,19-21,24,27,31H,4-6,15-18H2,1-3H3;5H,2-3H2,1H3,(H,6,7);3H2,1-2H3/b;30-19+;;. The van der Waals surface area contributed by atoms with Crippen molar-refractivity contribution in [2.75, 3.05) is 20.1 Å². The first-order valence-electron chi connectivity index (χ1n) is 30.2. The summed E-state index contributed by atoms with van der Waals surface area (Å²) in [5, 5.41) is 26.3. The van der Waals surface area contributed by atoms with Crippen molar-refractivity contribution in [3.63, 3.8) is 0 Å². The van der Waals surface area contributed by atoms with Crippen LogP contribution < -0.4 is 16.0 Å². The van der Waals surface area contributed by atoms with Crippen molar-refractivity contribution in [1.82, 2.24) is 25.8 Å². The summed E-state index contributed by atoms with van der Waals surface area (Å²) < 4.78 is 13.3. The van der Waals surface area contributed by atoms with E-state index in [2.05, 4.69) is 93.4 Å². The van der Waals surface area contributed by atoms with E-state index >= 15 is 0 Å². The van der Waals surface area contributed by atoms with Gasteiger partial charge in [0, 0.05) is 60.9 Å². The Labute approximate surface area is 488 Å². The third-order valence-corrected chi connectivity index (χ3v) is 16.3. The summed E-state index contributed by atoms with van der Waals surface area (Å²) >= 11 is 0. The van der Waals surface area contributed by atoms with Gasteiger partial charge in [0.2, 0.25) is 0 Å². The number of aromatic nitrogens is 1. The number of pyridine rings is 1. The largest absolute Gasteiger partial charge is 0.481 e. The Morgan fingerprint density at radius 1 is 0.793 bits per heavy atom. The van der Waals surface area contributed by atoms with Gasteiger partial charge in [0.15, 0.2) is 0 Å². The molecule has 3 aliphatic carbocycles. The van der Waals surface area contributed by atoms with Crippen LogP contribution in [0.15, 0.2) is 107 Å². The molecule has 446 valence electrons. The van der Waals surface area contributed by atoms with Crippen molar-refractivity contribution in [1.29, 1.82) is 0 Å². The lowest BCUT2D eigenvalue weighted by molar-refractivity contribution is -0.138. The number of hydrogen-bond acceptors (Lipinski definition) is 10. The molecule has 5 N–H and O–H groups in total. The van der Waals surface area contributed by atoms with Crippen molar-refractivity contribution in [3.8, 4) is 0 Å². The highest BCUT2D eigenvalue weighted by Crippen LogP contribution is 2.54. The molecular weight excluding hydrogens is 1030 g/mol. The number of aliphatic carboxylic acids is 2. The Morgan fingerprint density at radius 2 is 1.40 bits per heavy atom. The van der Waals surface area contributed by atoms with Gasteiger partial charge in [-0.1, -0.05) is 123 Å². The number of benzene rings is 3. The molecule has 0 bridgehead atoms. The average molecular weight is 1130 g/mol. The number of carbonyl (C=O) groups is 5. The number of unbranched alkanes of at least 4 members (excludes halogenated alkanes) is 1. The van der Waals surface area contributed by atoms with E-state index in [1.165, 1.54) is 24.1 Å². The second kappa shape index (κ2) is 32.4. The molecule has 14 nitrogen and oxygen atoms in total. The number of aldehydes is 1. The van der Waals surface area contributed by atoms with Crippen LogP contribution >= 0.6 is 0 Å². The maximum atomic E-state index is 14.2. The van der Waals surface area contributed by atoms with Crippen LogP contribution in [-0.2, 0) is 14.4 Å². The minimum atomic E-state index is -0.874. The molecule has 2 unspecified atom stereocenters. The molecular formula is C67H94FN7O7. The van der Waals surface area contributed by atoms with Crippen LogP contribution in [0.25, 0.3) is 0 Å². The molecule has 2 amide bonds. The van der Waals surface area contributed by atoms with Gasteiger partial charge in [0.1, 0.15) is 29.1 Å². The van der Waals surface area contributed by atoms with E-state index in [9.17, 15) is 28.4 Å². The first-order valence-corrected chi connectivity index (χ1v) is 30.2. The number of carboxylic acid groups (broad SMARTS) is 2. The fourth-order valence-corrected chi connectivity index (χ4v) is 11.3. The smallest absolute Gasteiger partial charge is 0.304 e. The maximum Gasteiger partial charge on any atom is 0.304 e. The maximum absolute atomic E-state index is 14.2. The van der Waals surface area contributed by atoms with E-state index in [0.717, 1.165) is 112 Å². The minimum Gasteiger partial charge on any atom is -0.481 e. The SMILES string of the molecule is CC(C)(C)C1CCC2(CC1)N=C(c1cccnc1)C(=O)N2C(c1ccc(C(=O)NCCCC(=O)O)cc1)C1CC1.CCC.CCCCC(NC1(/N=C/c2ccc(F)cc2)CCC(C(C)C)CC1)c1ccc(C=O)cc1.CNCCC(=O)O. The van der Waals surface area contributed by atoms with Crippen LogP contribution in [0.3, 0.4) is 0 Å². The van der Waals surface area contributed by atoms with Crippen LogP contribution in [0, 0.1) is 34.9 Å². The molecule has 1 spiro atoms. The topological polar surface area (TPSA) is 203 Å². The summed E-state index contributed by atoms with van der Waals surface area (Å²) in [6, 6.07) is 25.8. The Kier molecular flexibility index (Phi) is 26.2. The second-order valence-electron chi connectivity index (χ2n) is 24.2. The van der Waals surface area contributed by atoms with Crippen LogP contribution in [0.2, 0.25) is 0 Å². The molecule has 1 aromatic heterocycles. The van der Waals surface area contributed by atoms with Gasteiger partial charge in [-0.2, -0.15) is 0 Å². The quantitative estimate of drug-likeness (QED) is 0.0286. The van der Waals surface area contributed by atoms with Gasteiger partial charge in [-0.25, -0.2) is 4.39 Å². The molecule has 4 aliphatic rings. The lowest BCUT2D eigenvalue weighted by Crippen LogP contribution is -2.52. The molecule has 3 aromatic carbocycles. The zero-order valence-corrected chi connectivity index (χ0v) is 50.4. The zero-order chi connectivity index (χ0) is 59.9. The number of halogens is 1. The number of hydrogen-bond donors (Lipinski definition) is 5. The van der Waals surface area contributed by atoms with Gasteiger partial charge >= 0.3 is 11.9 Å². The van der Waals surface area contributed by atoms with Crippen LogP contribution in [0.4, 0.5) is 4.39 Å². The fourth-order valence-electron chi connectivity index (χ4n) is 11.3. The molecule has 1 aliphatic heterocycles. The first kappa shape index (κ1) is 66.4. The lowest BCUT2D eigenvalue weighted by atomic mass is 9.69. The Balaban J connectivity index is 0.000000263. The van der Waals surface area contributed by atoms with Crippen LogP contribution in [-0.4, -0.2) is 93.5 Å². The molecule has 4 aromatic rings. The molecule has 3 fully saturated rings. The average Bonchev–Trinajstić information content (AvgIpc) is 4.00. The van der Waals surface area contributed by atoms with Crippen molar-refractivity contribution in [3.05, 3.63) is 137 Å². The number of carboxylic acids is 2. The van der Waals surface area contributed by atoms with Crippen LogP contribution in [0.5, 0.6) is 0 Å². The molecule has 3 saturated carbocycles. The molecule has 2 heterocycles. The Hall–Kier alpha value is -6.45. The van der Waals surface area contributed by atoms with E-state index in [4.69, 9.17) is 20.2 Å². The summed E-state index contributed by atoms with van der Waals surface area (Å²) in [5.74, 6) is 0.242. The van der Waals surface area contributed by atoms with E-state index in [1.807, 2.05) is 54.7 Å². The Bertz CT molecular complexity index is 2670. The molecule has 2 atom stereocenters. The molecule has 82 heavy (non-hydrogen) atoms. The predicted molar refractivity (Wildman–Crippen MR) is 326 cm³/mol. The predicted octanol–water partition coefficient (Wildman–Crippen LogP) is 13.6. The number of amides is 2. The van der Waals surface area contributed by atoms with E-state index in [0.29, 0.717) is 54.1 Å². The fraction of sp³-hybridized carbons (Fsp3) is 0.552. The zero-order valence-electron chi connectivity index (χ0n) is 50.4. The second-order valence-corrected chi connectivity index (χ2v) is 24.2. The first-order chi connectivity index (χ1) is 39.2. The number of nitrogens with one attached hydrogen (secondary N) is 3. The summed E-state index contributed by atoms with van der Waals surface area (Å²) in [6.45, 7) is 18.8. The summed E-state index contributed by atoms with van der Waals surface area (Å²) in [7, 11) is 1.73. The van der Waals surface area contributed by atoms with Crippen molar-refractivity contribution < 1.29 is 38.6 Å². The van der Waals surface area contributed by atoms with Crippen molar-refractivity contribution >= 4 is 42.0 Å². The number of rotatable bonds is 22. The van der Waals surface area contributed by atoms with Gasteiger partial charge in [-0.3, -0.25) is 44.3 Å². The third kappa shape index (κ3) is 19.9. The van der Waals surface area contributed by atoms with Crippen molar-refractivity contribution in [2.24, 2.45) is 39.1 Å². The molecule has 15 heteroatoms. The monoisotopic (exact) mass is 1130 g/mol. The van der Waals surface area contributed by atoms with Gasteiger partial charge in [0.05, 0.1) is 12.5 Å². The van der Waals surface area contributed by atoms with Gasteiger partial charge in [-0.05, 0) is 166 Å².